The molecule has 2 rings (SSSR count). The van der Waals surface area contributed by atoms with Crippen LogP contribution >= 0.6 is 0 Å². The Morgan fingerprint density at radius 3 is 2.84 bits per heavy atom. The van der Waals surface area contributed by atoms with Crippen LogP contribution in [-0.4, -0.2) is 16.0 Å². The lowest BCUT2D eigenvalue weighted by Gasteiger charge is -2.08. The molecular formula is C13H13N3O3. The van der Waals surface area contributed by atoms with E-state index in [2.05, 4.69) is 4.98 Å². The number of carbonyl (C=O) groups excluding carboxylic acids is 1. The maximum absolute atomic E-state index is 11.2. The smallest absolute Gasteiger partial charge is 0.251 e. The Morgan fingerprint density at radius 1 is 1.37 bits per heavy atom. The van der Waals surface area contributed by atoms with Crippen molar-refractivity contribution < 1.29 is 14.6 Å². The van der Waals surface area contributed by atoms with Crippen LogP contribution in [0.2, 0.25) is 0 Å². The Bertz CT molecular complexity index is 614. The molecule has 0 aliphatic carbocycles. The first-order valence-electron chi connectivity index (χ1n) is 5.53. The Morgan fingerprint density at radius 2 is 2.16 bits per heavy atom. The number of benzene rings is 1. The lowest BCUT2D eigenvalue weighted by Crippen LogP contribution is -2.13. The summed E-state index contributed by atoms with van der Waals surface area (Å²) in [5.74, 6) is 0.0613. The maximum Gasteiger partial charge on any atom is 0.251 e. The number of nitrogen functional groups attached to an aromatic ring is 1. The number of carbonyl (C=O) groups is 1. The van der Waals surface area contributed by atoms with Crippen LogP contribution in [0, 0.1) is 0 Å². The first-order valence-corrected chi connectivity index (χ1v) is 5.53. The quantitative estimate of drug-likeness (QED) is 0.759. The van der Waals surface area contributed by atoms with Crippen molar-refractivity contribution in [3.63, 3.8) is 0 Å². The minimum absolute atomic E-state index is 0.0844. The molecule has 5 N–H and O–H groups in total. The van der Waals surface area contributed by atoms with Crippen molar-refractivity contribution in [2.45, 2.75) is 6.61 Å². The summed E-state index contributed by atoms with van der Waals surface area (Å²) in [4.78, 5) is 15.1. The van der Waals surface area contributed by atoms with Crippen molar-refractivity contribution in [3.05, 3.63) is 47.7 Å². The molecule has 1 aromatic heterocycles. The minimum atomic E-state index is -0.645. The average Bonchev–Trinajstić information content (AvgIpc) is 2.41. The van der Waals surface area contributed by atoms with Crippen molar-refractivity contribution in [1.29, 1.82) is 0 Å². The number of amides is 1. The van der Waals surface area contributed by atoms with Crippen molar-refractivity contribution >= 4 is 11.6 Å². The zero-order chi connectivity index (χ0) is 13.8. The third-order valence-corrected chi connectivity index (χ3v) is 2.48. The van der Waals surface area contributed by atoms with Gasteiger partial charge < -0.3 is 21.3 Å². The Balaban J connectivity index is 2.28. The number of nitrogens with zero attached hydrogens (tertiary/aromatic N) is 1. The van der Waals surface area contributed by atoms with Crippen molar-refractivity contribution in [2.75, 3.05) is 5.73 Å². The fraction of sp³-hybridized carbons (Fsp3) is 0.0769. The zero-order valence-corrected chi connectivity index (χ0v) is 10.0. The molecule has 0 radical (unpaired) electrons. The van der Waals surface area contributed by atoms with E-state index in [1.54, 1.807) is 24.3 Å². The van der Waals surface area contributed by atoms with E-state index in [0.717, 1.165) is 0 Å². The highest BCUT2D eigenvalue weighted by Gasteiger charge is 2.09. The third kappa shape index (κ3) is 2.99. The van der Waals surface area contributed by atoms with Gasteiger partial charge in [-0.05, 0) is 17.7 Å². The molecule has 0 saturated heterocycles. The number of aliphatic hydroxyl groups is 1. The fourth-order valence-corrected chi connectivity index (χ4v) is 1.54. The highest BCUT2D eigenvalue weighted by molar-refractivity contribution is 5.98. The number of ether oxygens (including phenoxy) is 1. The average molecular weight is 259 g/mol. The van der Waals surface area contributed by atoms with Crippen molar-refractivity contribution in [3.8, 4) is 11.6 Å². The van der Waals surface area contributed by atoms with Crippen LogP contribution < -0.4 is 16.2 Å². The van der Waals surface area contributed by atoms with Gasteiger partial charge in [-0.2, -0.15) is 0 Å². The van der Waals surface area contributed by atoms with Crippen LogP contribution in [0.5, 0.6) is 11.6 Å². The number of aromatic nitrogens is 1. The minimum Gasteiger partial charge on any atom is -0.439 e. The molecule has 0 bridgehead atoms. The van der Waals surface area contributed by atoms with Gasteiger partial charge >= 0.3 is 0 Å². The van der Waals surface area contributed by atoms with Gasteiger partial charge in [-0.25, -0.2) is 4.98 Å². The summed E-state index contributed by atoms with van der Waals surface area (Å²) in [7, 11) is 0. The van der Waals surface area contributed by atoms with E-state index in [-0.39, 0.29) is 23.7 Å². The molecule has 0 fully saturated rings. The molecule has 1 amide bonds. The number of hydrogen-bond acceptors (Lipinski definition) is 5. The molecule has 6 heteroatoms. The summed E-state index contributed by atoms with van der Waals surface area (Å²) in [6.45, 7) is -0.0844. The first-order chi connectivity index (χ1) is 9.10. The molecule has 0 unspecified atom stereocenters. The molecule has 0 aliphatic heterocycles. The SMILES string of the molecule is NC(=O)c1cc(Oc2cccc(CO)c2)ncc1N. The number of primary amides is 1. The number of anilines is 1. The van der Waals surface area contributed by atoms with Crippen LogP contribution in [-0.2, 0) is 6.61 Å². The molecule has 19 heavy (non-hydrogen) atoms. The van der Waals surface area contributed by atoms with E-state index < -0.39 is 5.91 Å². The van der Waals surface area contributed by atoms with Crippen molar-refractivity contribution in [2.24, 2.45) is 5.73 Å². The Labute approximate surface area is 109 Å². The second kappa shape index (κ2) is 5.36. The lowest BCUT2D eigenvalue weighted by molar-refractivity contribution is 0.100. The molecule has 1 heterocycles. The largest absolute Gasteiger partial charge is 0.439 e. The van der Waals surface area contributed by atoms with Crippen LogP contribution in [0.4, 0.5) is 5.69 Å². The molecule has 0 atom stereocenters. The number of pyridine rings is 1. The van der Waals surface area contributed by atoms with E-state index in [4.69, 9.17) is 21.3 Å². The summed E-state index contributed by atoms with van der Waals surface area (Å²) in [5, 5.41) is 9.03. The highest BCUT2D eigenvalue weighted by Crippen LogP contribution is 2.23. The van der Waals surface area contributed by atoms with E-state index in [9.17, 15) is 4.79 Å². The van der Waals surface area contributed by atoms with Crippen LogP contribution in [0.15, 0.2) is 36.5 Å². The molecule has 0 saturated carbocycles. The van der Waals surface area contributed by atoms with Gasteiger partial charge in [0.15, 0.2) is 0 Å². The van der Waals surface area contributed by atoms with E-state index in [1.165, 1.54) is 12.3 Å². The van der Waals surface area contributed by atoms with Crippen LogP contribution in [0.1, 0.15) is 15.9 Å². The fourth-order valence-electron chi connectivity index (χ4n) is 1.54. The molecular weight excluding hydrogens is 246 g/mol. The Kier molecular flexibility index (Phi) is 3.63. The van der Waals surface area contributed by atoms with Gasteiger partial charge in [-0.3, -0.25) is 4.79 Å². The standard InChI is InChI=1S/C13H13N3O3/c14-11-6-16-12(5-10(11)13(15)18)19-9-3-1-2-8(4-9)7-17/h1-6,17H,7,14H2,(H2,15,18). The number of rotatable bonds is 4. The van der Waals surface area contributed by atoms with Crippen LogP contribution in [0.3, 0.4) is 0 Å². The zero-order valence-electron chi connectivity index (χ0n) is 10.0. The third-order valence-electron chi connectivity index (χ3n) is 2.48. The normalized spacial score (nSPS) is 10.2. The van der Waals surface area contributed by atoms with E-state index >= 15 is 0 Å². The van der Waals surface area contributed by atoms with E-state index in [1.807, 2.05) is 0 Å². The second-order valence-corrected chi connectivity index (χ2v) is 3.88. The number of hydrogen-bond donors (Lipinski definition) is 3. The summed E-state index contributed by atoms with van der Waals surface area (Å²) in [5.41, 5.74) is 11.8. The number of nitrogens with two attached hydrogens (primary N) is 2. The molecule has 1 aromatic carbocycles. The van der Waals surface area contributed by atoms with Gasteiger partial charge in [0, 0.05) is 6.07 Å². The van der Waals surface area contributed by atoms with Gasteiger partial charge in [0.1, 0.15) is 5.75 Å². The van der Waals surface area contributed by atoms with Crippen LogP contribution in [0.25, 0.3) is 0 Å². The molecule has 98 valence electrons. The summed E-state index contributed by atoms with van der Waals surface area (Å²) >= 11 is 0. The second-order valence-electron chi connectivity index (χ2n) is 3.88. The van der Waals surface area contributed by atoms with E-state index in [0.29, 0.717) is 11.3 Å². The molecule has 0 aliphatic rings. The summed E-state index contributed by atoms with van der Waals surface area (Å²) in [6, 6.07) is 8.26. The van der Waals surface area contributed by atoms with Crippen molar-refractivity contribution in [1.82, 2.24) is 4.98 Å². The molecule has 2 aromatic rings. The maximum atomic E-state index is 11.2. The lowest BCUT2D eigenvalue weighted by atomic mass is 10.2. The first kappa shape index (κ1) is 12.8. The summed E-state index contributed by atoms with van der Waals surface area (Å²) in [6.07, 6.45) is 1.31. The summed E-state index contributed by atoms with van der Waals surface area (Å²) < 4.78 is 5.48. The highest BCUT2D eigenvalue weighted by atomic mass is 16.5. The molecule has 6 nitrogen and oxygen atoms in total. The topological polar surface area (TPSA) is 111 Å². The molecule has 0 spiro atoms. The van der Waals surface area contributed by atoms with Gasteiger partial charge in [-0.1, -0.05) is 12.1 Å². The monoisotopic (exact) mass is 259 g/mol. The predicted molar refractivity (Wildman–Crippen MR) is 69.6 cm³/mol. The number of aliphatic hydroxyl groups excluding tert-OH is 1. The van der Waals surface area contributed by atoms with Gasteiger partial charge in [-0.15, -0.1) is 0 Å². The van der Waals surface area contributed by atoms with Gasteiger partial charge in [0.25, 0.3) is 5.91 Å². The van der Waals surface area contributed by atoms with Gasteiger partial charge in [0.2, 0.25) is 5.88 Å². The predicted octanol–water partition coefficient (Wildman–Crippen LogP) is 1.05. The van der Waals surface area contributed by atoms with Gasteiger partial charge in [0.05, 0.1) is 24.1 Å². The Hall–Kier alpha value is -2.60.